The maximum absolute atomic E-state index is 12.3. The molecule has 126 valence electrons. The summed E-state index contributed by atoms with van der Waals surface area (Å²) >= 11 is 1.51. The minimum Gasteiger partial charge on any atom is -0.486 e. The van der Waals surface area contributed by atoms with Gasteiger partial charge in [0.2, 0.25) is 11.8 Å². The molecule has 2 N–H and O–H groups in total. The summed E-state index contributed by atoms with van der Waals surface area (Å²) in [6, 6.07) is 8.75. The Bertz CT molecular complexity index is 730. The number of hydrogen-bond donors (Lipinski definition) is 2. The number of amides is 2. The molecule has 1 aromatic carbocycles. The van der Waals surface area contributed by atoms with Crippen molar-refractivity contribution in [2.24, 2.45) is 0 Å². The van der Waals surface area contributed by atoms with Crippen LogP contribution in [0.1, 0.15) is 24.3 Å². The lowest BCUT2D eigenvalue weighted by atomic mass is 10.1. The van der Waals surface area contributed by atoms with Crippen LogP contribution in [0.2, 0.25) is 0 Å². The van der Waals surface area contributed by atoms with Crippen LogP contribution in [0.25, 0.3) is 0 Å². The zero-order chi connectivity index (χ0) is 16.9. The number of thiophene rings is 1. The number of carbonyl (C=O) groups excluding carboxylic acids is 2. The van der Waals surface area contributed by atoms with Crippen molar-refractivity contribution < 1.29 is 19.1 Å². The van der Waals surface area contributed by atoms with E-state index in [0.29, 0.717) is 30.4 Å². The zero-order valence-electron chi connectivity index (χ0n) is 13.2. The third kappa shape index (κ3) is 4.05. The van der Waals surface area contributed by atoms with E-state index < -0.39 is 0 Å². The molecular weight excluding hydrogens is 328 g/mol. The summed E-state index contributed by atoms with van der Waals surface area (Å²) in [7, 11) is 0. The third-order valence-corrected chi connectivity index (χ3v) is 4.47. The number of nitrogens with one attached hydrogen (secondary N) is 2. The highest BCUT2D eigenvalue weighted by Gasteiger charge is 2.19. The van der Waals surface area contributed by atoms with Gasteiger partial charge in [-0.15, -0.1) is 11.3 Å². The van der Waals surface area contributed by atoms with E-state index in [-0.39, 0.29) is 24.3 Å². The molecule has 1 atom stereocenters. The van der Waals surface area contributed by atoms with Crippen LogP contribution in [0, 0.1) is 0 Å². The van der Waals surface area contributed by atoms with E-state index in [0.717, 1.165) is 4.88 Å². The molecule has 0 aliphatic carbocycles. The molecule has 3 rings (SSSR count). The van der Waals surface area contributed by atoms with Gasteiger partial charge in [0.25, 0.3) is 0 Å². The summed E-state index contributed by atoms with van der Waals surface area (Å²) in [5.41, 5.74) is 0.636. The molecule has 1 aliphatic rings. The molecule has 0 saturated carbocycles. The van der Waals surface area contributed by atoms with Crippen molar-refractivity contribution in [3.63, 3.8) is 0 Å². The molecule has 2 amide bonds. The quantitative estimate of drug-likeness (QED) is 0.873. The summed E-state index contributed by atoms with van der Waals surface area (Å²) in [6.07, 6.45) is 0.161. The van der Waals surface area contributed by atoms with Gasteiger partial charge in [0.1, 0.15) is 13.2 Å². The van der Waals surface area contributed by atoms with Crippen LogP contribution in [0.3, 0.4) is 0 Å². The molecule has 0 bridgehead atoms. The molecule has 0 fully saturated rings. The average molecular weight is 346 g/mol. The van der Waals surface area contributed by atoms with Gasteiger partial charge in [0.05, 0.1) is 12.5 Å². The summed E-state index contributed by atoms with van der Waals surface area (Å²) in [4.78, 5) is 24.7. The second kappa shape index (κ2) is 7.35. The van der Waals surface area contributed by atoms with Crippen molar-refractivity contribution in [1.82, 2.24) is 5.32 Å². The van der Waals surface area contributed by atoms with Gasteiger partial charge in [-0.05, 0) is 23.6 Å². The summed E-state index contributed by atoms with van der Waals surface area (Å²) in [5, 5.41) is 7.57. The number of rotatable bonds is 5. The van der Waals surface area contributed by atoms with Gasteiger partial charge in [-0.1, -0.05) is 6.07 Å². The third-order valence-electron chi connectivity index (χ3n) is 3.48. The number of hydrogen-bond acceptors (Lipinski definition) is 5. The molecule has 2 heterocycles. The van der Waals surface area contributed by atoms with Crippen molar-refractivity contribution >= 4 is 28.8 Å². The molecule has 6 nitrogen and oxygen atoms in total. The second-order valence-electron chi connectivity index (χ2n) is 5.38. The Morgan fingerprint density at radius 3 is 2.71 bits per heavy atom. The van der Waals surface area contributed by atoms with Crippen LogP contribution in [0.5, 0.6) is 11.5 Å². The van der Waals surface area contributed by atoms with Gasteiger partial charge in [0.15, 0.2) is 11.5 Å². The van der Waals surface area contributed by atoms with E-state index in [2.05, 4.69) is 10.6 Å². The van der Waals surface area contributed by atoms with Crippen molar-refractivity contribution in [3.8, 4) is 11.5 Å². The Morgan fingerprint density at radius 1 is 1.21 bits per heavy atom. The molecule has 0 spiro atoms. The number of ether oxygens (including phenoxy) is 2. The van der Waals surface area contributed by atoms with Crippen molar-refractivity contribution in [3.05, 3.63) is 40.6 Å². The molecule has 0 radical (unpaired) electrons. The highest BCUT2D eigenvalue weighted by Crippen LogP contribution is 2.32. The number of carbonyl (C=O) groups is 2. The van der Waals surface area contributed by atoms with Crippen LogP contribution in [-0.2, 0) is 9.59 Å². The molecule has 0 saturated heterocycles. The summed E-state index contributed by atoms with van der Waals surface area (Å²) < 4.78 is 11.0. The van der Waals surface area contributed by atoms with Crippen molar-refractivity contribution in [1.29, 1.82) is 0 Å². The first-order valence-corrected chi connectivity index (χ1v) is 8.50. The Balaban J connectivity index is 1.66. The van der Waals surface area contributed by atoms with Gasteiger partial charge in [-0.2, -0.15) is 0 Å². The number of anilines is 1. The molecule has 0 unspecified atom stereocenters. The van der Waals surface area contributed by atoms with Crippen LogP contribution in [-0.4, -0.2) is 25.0 Å². The summed E-state index contributed by atoms with van der Waals surface area (Å²) in [5.74, 6) is 0.948. The SMILES string of the molecule is CC(=O)N[C@H](CC(=O)Nc1ccc2c(c1)OCCO2)c1cccs1. The zero-order valence-corrected chi connectivity index (χ0v) is 14.0. The molecule has 24 heavy (non-hydrogen) atoms. The number of benzene rings is 1. The van der Waals surface area contributed by atoms with Gasteiger partial charge in [-0.3, -0.25) is 9.59 Å². The van der Waals surface area contributed by atoms with Crippen LogP contribution < -0.4 is 20.1 Å². The minimum atomic E-state index is -0.334. The highest BCUT2D eigenvalue weighted by atomic mass is 32.1. The Hall–Kier alpha value is -2.54. The van der Waals surface area contributed by atoms with Gasteiger partial charge >= 0.3 is 0 Å². The largest absolute Gasteiger partial charge is 0.486 e. The van der Waals surface area contributed by atoms with Gasteiger partial charge in [-0.25, -0.2) is 0 Å². The number of fused-ring (bicyclic) bond motifs is 1. The first-order chi connectivity index (χ1) is 11.6. The average Bonchev–Trinajstić information content (AvgIpc) is 3.08. The first kappa shape index (κ1) is 16.3. The minimum absolute atomic E-state index is 0.161. The fourth-order valence-electron chi connectivity index (χ4n) is 2.48. The van der Waals surface area contributed by atoms with E-state index in [1.54, 1.807) is 18.2 Å². The van der Waals surface area contributed by atoms with Crippen molar-refractivity contribution in [2.45, 2.75) is 19.4 Å². The molecule has 1 aromatic heterocycles. The smallest absolute Gasteiger partial charge is 0.226 e. The molecule has 1 aliphatic heterocycles. The Morgan fingerprint density at radius 2 is 2.00 bits per heavy atom. The van der Waals surface area contributed by atoms with Crippen LogP contribution in [0.15, 0.2) is 35.7 Å². The lowest BCUT2D eigenvalue weighted by Crippen LogP contribution is -2.29. The first-order valence-electron chi connectivity index (χ1n) is 7.62. The predicted octanol–water partition coefficient (Wildman–Crippen LogP) is 2.73. The Kier molecular flexibility index (Phi) is 5.00. The molecular formula is C17H18N2O4S. The maximum Gasteiger partial charge on any atom is 0.226 e. The molecule has 2 aromatic rings. The van der Waals surface area contributed by atoms with Crippen molar-refractivity contribution in [2.75, 3.05) is 18.5 Å². The van der Waals surface area contributed by atoms with E-state index in [9.17, 15) is 9.59 Å². The van der Waals surface area contributed by atoms with E-state index in [1.807, 2.05) is 17.5 Å². The van der Waals surface area contributed by atoms with Crippen LogP contribution in [0.4, 0.5) is 5.69 Å². The maximum atomic E-state index is 12.3. The monoisotopic (exact) mass is 346 g/mol. The van der Waals surface area contributed by atoms with Gasteiger partial charge in [0, 0.05) is 23.6 Å². The van der Waals surface area contributed by atoms with E-state index in [4.69, 9.17) is 9.47 Å². The lowest BCUT2D eigenvalue weighted by Gasteiger charge is -2.19. The normalized spacial score (nSPS) is 13.9. The van der Waals surface area contributed by atoms with E-state index >= 15 is 0 Å². The highest BCUT2D eigenvalue weighted by molar-refractivity contribution is 7.10. The summed E-state index contributed by atoms with van der Waals surface area (Å²) in [6.45, 7) is 2.46. The molecule has 7 heteroatoms. The fraction of sp³-hybridized carbons (Fsp3) is 0.294. The van der Waals surface area contributed by atoms with Crippen LogP contribution >= 0.6 is 11.3 Å². The second-order valence-corrected chi connectivity index (χ2v) is 6.36. The predicted molar refractivity (Wildman–Crippen MR) is 91.6 cm³/mol. The lowest BCUT2D eigenvalue weighted by molar-refractivity contribution is -0.120. The standard InChI is InChI=1S/C17H18N2O4S/c1-11(20)18-13(16-3-2-8-24-16)10-17(21)19-12-4-5-14-15(9-12)23-7-6-22-14/h2-5,8-9,13H,6-7,10H2,1H3,(H,18,20)(H,19,21)/t13-/m1/s1. The topological polar surface area (TPSA) is 76.7 Å². The van der Waals surface area contributed by atoms with Gasteiger partial charge < -0.3 is 20.1 Å². The fourth-order valence-corrected chi connectivity index (χ4v) is 3.25. The Labute approximate surface area is 143 Å². The van der Waals surface area contributed by atoms with E-state index in [1.165, 1.54) is 18.3 Å².